The third kappa shape index (κ3) is 0.917. The normalized spacial score (nSPS) is 33.4. The molecule has 3 nitrogen and oxygen atoms in total. The lowest BCUT2D eigenvalue weighted by molar-refractivity contribution is -0.149. The van der Waals surface area contributed by atoms with E-state index in [4.69, 9.17) is 4.74 Å². The van der Waals surface area contributed by atoms with Gasteiger partial charge in [0.15, 0.2) is 5.41 Å². The highest BCUT2D eigenvalue weighted by Crippen LogP contribution is 2.83. The van der Waals surface area contributed by atoms with Crippen molar-refractivity contribution in [1.82, 2.24) is 0 Å². The number of nitriles is 1. The van der Waals surface area contributed by atoms with Crippen molar-refractivity contribution in [3.63, 3.8) is 0 Å². The van der Waals surface area contributed by atoms with Gasteiger partial charge in [-0.05, 0) is 19.8 Å². The number of nitrogens with zero attached hydrogens (tertiary/aromatic N) is 1. The minimum atomic E-state index is -0.882. The smallest absolute Gasteiger partial charge is 0.327 e. The zero-order chi connectivity index (χ0) is 12.0. The third-order valence-corrected chi connectivity index (χ3v) is 5.00. The fourth-order valence-electron chi connectivity index (χ4n) is 4.02. The minimum Gasteiger partial charge on any atom is -0.465 e. The van der Waals surface area contributed by atoms with Crippen molar-refractivity contribution in [2.24, 2.45) is 16.2 Å². The molecule has 0 bridgehead atoms. The van der Waals surface area contributed by atoms with Crippen LogP contribution in [0.3, 0.4) is 0 Å². The highest BCUT2D eigenvalue weighted by atomic mass is 16.5. The van der Waals surface area contributed by atoms with Crippen LogP contribution in [0, 0.1) is 27.6 Å². The van der Waals surface area contributed by atoms with Gasteiger partial charge >= 0.3 is 5.97 Å². The largest absolute Gasteiger partial charge is 0.465 e. The van der Waals surface area contributed by atoms with E-state index in [1.165, 1.54) is 0 Å². The van der Waals surface area contributed by atoms with Crippen molar-refractivity contribution < 1.29 is 9.53 Å². The molecule has 2 saturated carbocycles. The number of ether oxygens (including phenoxy) is 1. The molecule has 2 rings (SSSR count). The van der Waals surface area contributed by atoms with Crippen LogP contribution in [0.4, 0.5) is 0 Å². The van der Waals surface area contributed by atoms with Crippen LogP contribution in [-0.2, 0) is 9.53 Å². The second-order valence-corrected chi connectivity index (χ2v) is 5.50. The van der Waals surface area contributed by atoms with Crippen LogP contribution in [-0.4, -0.2) is 12.6 Å². The Labute approximate surface area is 96.8 Å². The molecule has 1 spiro atoms. The molecule has 2 aliphatic carbocycles. The fraction of sp³-hybridized carbons (Fsp3) is 0.846. The Kier molecular flexibility index (Phi) is 2.31. The second-order valence-electron chi connectivity index (χ2n) is 5.50. The van der Waals surface area contributed by atoms with Crippen molar-refractivity contribution in [3.8, 4) is 6.07 Å². The summed E-state index contributed by atoms with van der Waals surface area (Å²) in [5.74, 6) is -0.301. The lowest BCUT2D eigenvalue weighted by Gasteiger charge is -2.12. The van der Waals surface area contributed by atoms with Gasteiger partial charge in [0.1, 0.15) is 0 Å². The molecule has 16 heavy (non-hydrogen) atoms. The van der Waals surface area contributed by atoms with Crippen LogP contribution in [0.5, 0.6) is 0 Å². The summed E-state index contributed by atoms with van der Waals surface area (Å²) in [5.41, 5.74) is -1.22. The molecule has 0 aliphatic heterocycles. The minimum absolute atomic E-state index is 0.110. The maximum atomic E-state index is 12.1. The van der Waals surface area contributed by atoms with Gasteiger partial charge in [-0.3, -0.25) is 4.79 Å². The van der Waals surface area contributed by atoms with E-state index in [1.807, 2.05) is 13.8 Å². The molecule has 2 fully saturated rings. The molecule has 0 aromatic carbocycles. The Morgan fingerprint density at radius 2 is 1.94 bits per heavy atom. The van der Waals surface area contributed by atoms with Gasteiger partial charge in [0.2, 0.25) is 0 Å². The van der Waals surface area contributed by atoms with Crippen LogP contribution in [0.2, 0.25) is 0 Å². The SMILES string of the molecule is CCOC(=O)C1(C#N)C(C)(C)C12CCCC2. The number of rotatable bonds is 2. The predicted octanol–water partition coefficient (Wildman–Crippen LogP) is 2.66. The van der Waals surface area contributed by atoms with Crippen molar-refractivity contribution in [3.05, 3.63) is 0 Å². The number of esters is 1. The Morgan fingerprint density at radius 3 is 2.38 bits per heavy atom. The van der Waals surface area contributed by atoms with Gasteiger partial charge in [-0.15, -0.1) is 0 Å². The summed E-state index contributed by atoms with van der Waals surface area (Å²) in [6.07, 6.45) is 4.25. The van der Waals surface area contributed by atoms with Gasteiger partial charge in [-0.2, -0.15) is 5.26 Å². The number of hydrogen-bond donors (Lipinski definition) is 0. The number of hydrogen-bond acceptors (Lipinski definition) is 3. The van der Waals surface area contributed by atoms with Gasteiger partial charge in [0.25, 0.3) is 0 Å². The quantitative estimate of drug-likeness (QED) is 0.673. The number of carbonyl (C=O) groups excluding carboxylic acids is 1. The van der Waals surface area contributed by atoms with Crippen molar-refractivity contribution >= 4 is 5.97 Å². The molecule has 2 aliphatic rings. The topological polar surface area (TPSA) is 50.1 Å². The van der Waals surface area contributed by atoms with Crippen molar-refractivity contribution in [2.75, 3.05) is 6.61 Å². The molecule has 1 atom stereocenters. The van der Waals surface area contributed by atoms with Crippen molar-refractivity contribution in [1.29, 1.82) is 5.26 Å². The molecule has 1 unspecified atom stereocenters. The Bertz CT molecular complexity index is 361. The third-order valence-electron chi connectivity index (χ3n) is 5.00. The average molecular weight is 221 g/mol. The first-order valence-electron chi connectivity index (χ1n) is 6.08. The van der Waals surface area contributed by atoms with Crippen LogP contribution in [0.25, 0.3) is 0 Å². The predicted molar refractivity (Wildman–Crippen MR) is 59.4 cm³/mol. The average Bonchev–Trinajstić information content (AvgIpc) is 2.60. The van der Waals surface area contributed by atoms with Crippen LogP contribution < -0.4 is 0 Å². The first-order chi connectivity index (χ1) is 7.50. The van der Waals surface area contributed by atoms with Gasteiger partial charge in [0.05, 0.1) is 12.7 Å². The van der Waals surface area contributed by atoms with E-state index >= 15 is 0 Å². The maximum Gasteiger partial charge on any atom is 0.327 e. The first kappa shape index (κ1) is 11.4. The molecule has 88 valence electrons. The van der Waals surface area contributed by atoms with Gasteiger partial charge in [-0.1, -0.05) is 26.7 Å². The van der Waals surface area contributed by atoms with Gasteiger partial charge in [0, 0.05) is 10.8 Å². The van der Waals surface area contributed by atoms with Gasteiger partial charge < -0.3 is 4.74 Å². The fourth-order valence-corrected chi connectivity index (χ4v) is 4.02. The molecule has 0 radical (unpaired) electrons. The van der Waals surface area contributed by atoms with Crippen LogP contribution >= 0.6 is 0 Å². The zero-order valence-corrected chi connectivity index (χ0v) is 10.3. The Balaban J connectivity index is 2.38. The molecule has 0 saturated heterocycles. The highest BCUT2D eigenvalue weighted by molar-refractivity contribution is 5.88. The summed E-state index contributed by atoms with van der Waals surface area (Å²) in [6.45, 7) is 6.23. The molecule has 0 amide bonds. The highest BCUT2D eigenvalue weighted by Gasteiger charge is 2.87. The van der Waals surface area contributed by atoms with Crippen LogP contribution in [0.1, 0.15) is 46.5 Å². The van der Waals surface area contributed by atoms with E-state index in [0.717, 1.165) is 25.7 Å². The molecule has 0 heterocycles. The van der Waals surface area contributed by atoms with E-state index in [9.17, 15) is 10.1 Å². The molecule has 3 heteroatoms. The van der Waals surface area contributed by atoms with Crippen LogP contribution in [0.15, 0.2) is 0 Å². The van der Waals surface area contributed by atoms with Gasteiger partial charge in [-0.25, -0.2) is 0 Å². The first-order valence-corrected chi connectivity index (χ1v) is 6.08. The molecular formula is C13H19NO2. The molecule has 0 aromatic rings. The number of carbonyl (C=O) groups is 1. The lowest BCUT2D eigenvalue weighted by Crippen LogP contribution is -2.25. The van der Waals surface area contributed by atoms with Crippen molar-refractivity contribution in [2.45, 2.75) is 46.5 Å². The Hall–Kier alpha value is -1.04. The van der Waals surface area contributed by atoms with E-state index in [0.29, 0.717) is 6.61 Å². The molecule has 0 aromatic heterocycles. The molecule has 0 N–H and O–H groups in total. The lowest BCUT2D eigenvalue weighted by atomic mass is 9.92. The zero-order valence-electron chi connectivity index (χ0n) is 10.3. The Morgan fingerprint density at radius 1 is 1.38 bits per heavy atom. The second kappa shape index (κ2) is 3.23. The summed E-state index contributed by atoms with van der Waals surface area (Å²) in [7, 11) is 0. The van der Waals surface area contributed by atoms with E-state index < -0.39 is 5.41 Å². The standard InChI is InChI=1S/C13H19NO2/c1-4-16-10(15)13(9-14)11(2,3)12(13)7-5-6-8-12/h4-8H2,1-3H3. The van der Waals surface area contributed by atoms with E-state index in [2.05, 4.69) is 6.07 Å². The summed E-state index contributed by atoms with van der Waals surface area (Å²) in [5, 5.41) is 9.46. The summed E-state index contributed by atoms with van der Waals surface area (Å²) >= 11 is 0. The summed E-state index contributed by atoms with van der Waals surface area (Å²) < 4.78 is 5.12. The summed E-state index contributed by atoms with van der Waals surface area (Å²) in [6, 6.07) is 2.29. The van der Waals surface area contributed by atoms with E-state index in [-0.39, 0.29) is 16.8 Å². The maximum absolute atomic E-state index is 12.1. The monoisotopic (exact) mass is 221 g/mol. The summed E-state index contributed by atoms with van der Waals surface area (Å²) in [4.78, 5) is 12.1. The molecular weight excluding hydrogens is 202 g/mol. The van der Waals surface area contributed by atoms with E-state index in [1.54, 1.807) is 6.92 Å².